The van der Waals surface area contributed by atoms with Gasteiger partial charge in [0, 0.05) is 32.7 Å². The molecule has 0 saturated carbocycles. The van der Waals surface area contributed by atoms with Crippen molar-refractivity contribution in [1.29, 1.82) is 0 Å². The molecule has 0 aliphatic heterocycles. The van der Waals surface area contributed by atoms with Crippen molar-refractivity contribution >= 4 is 45.6 Å². The number of benzene rings is 2. The number of carbonyl (C=O) groups is 1. The number of nitrogens with zero attached hydrogens (tertiary/aromatic N) is 2. The Kier molecular flexibility index (Phi) is 6.03. The minimum atomic E-state index is -0.210. The van der Waals surface area contributed by atoms with E-state index in [0.29, 0.717) is 5.56 Å². The highest BCUT2D eigenvalue weighted by atomic mass is 32.2. The summed E-state index contributed by atoms with van der Waals surface area (Å²) in [6.07, 6.45) is 1.82. The molecule has 1 N–H and O–H groups in total. The molecule has 0 bridgehead atoms. The van der Waals surface area contributed by atoms with Crippen LogP contribution in [0.25, 0.3) is 10.9 Å². The van der Waals surface area contributed by atoms with E-state index >= 15 is 0 Å². The topological polar surface area (TPSA) is 54.4 Å². The van der Waals surface area contributed by atoms with Crippen LogP contribution in [0.5, 0.6) is 0 Å². The number of thioether (sulfide) groups is 1. The molecule has 1 amide bonds. The molecule has 0 radical (unpaired) electrons. The number of rotatable bonds is 6. The van der Waals surface area contributed by atoms with Crippen LogP contribution in [0.15, 0.2) is 88.3 Å². The first kappa shape index (κ1) is 19.4. The summed E-state index contributed by atoms with van der Waals surface area (Å²) in [6, 6.07) is 21.8. The number of hydrogen-bond acceptors (Lipinski definition) is 5. The fourth-order valence-corrected chi connectivity index (χ4v) is 4.52. The first-order valence-corrected chi connectivity index (χ1v) is 11.0. The highest BCUT2D eigenvalue weighted by Crippen LogP contribution is 2.28. The lowest BCUT2D eigenvalue weighted by atomic mass is 10.1. The Labute approximate surface area is 177 Å². The molecule has 6 heteroatoms. The van der Waals surface area contributed by atoms with E-state index in [1.807, 2.05) is 61.0 Å². The number of pyridine rings is 1. The third-order valence-electron chi connectivity index (χ3n) is 4.41. The molecule has 0 spiro atoms. The predicted octanol–water partition coefficient (Wildman–Crippen LogP) is 5.74. The first-order valence-electron chi connectivity index (χ1n) is 9.15. The summed E-state index contributed by atoms with van der Waals surface area (Å²) < 4.78 is 0. The van der Waals surface area contributed by atoms with Crippen molar-refractivity contribution in [3.05, 3.63) is 94.3 Å². The average molecular weight is 418 g/mol. The maximum absolute atomic E-state index is 12.3. The molecule has 0 atom stereocenters. The summed E-state index contributed by atoms with van der Waals surface area (Å²) >= 11 is 3.34. The van der Waals surface area contributed by atoms with E-state index < -0.39 is 0 Å². The summed E-state index contributed by atoms with van der Waals surface area (Å²) in [5.74, 6) is 0.603. The van der Waals surface area contributed by atoms with Crippen LogP contribution in [0.3, 0.4) is 0 Å². The van der Waals surface area contributed by atoms with E-state index in [1.165, 1.54) is 0 Å². The van der Waals surface area contributed by atoms with Crippen molar-refractivity contribution in [2.45, 2.75) is 17.6 Å². The molecule has 0 unspecified atom stereocenters. The fourth-order valence-electron chi connectivity index (χ4n) is 2.84. The smallest absolute Gasteiger partial charge is 0.267 e. The van der Waals surface area contributed by atoms with Crippen LogP contribution >= 0.6 is 23.1 Å². The second-order valence-corrected chi connectivity index (χ2v) is 8.40. The zero-order chi connectivity index (χ0) is 20.1. The number of fused-ring (bicyclic) bond motifs is 1. The minimum absolute atomic E-state index is 0.210. The number of carbonyl (C=O) groups excluding carboxylic acids is 1. The molecule has 4 rings (SSSR count). The molecule has 0 aliphatic carbocycles. The Morgan fingerprint density at radius 1 is 1.07 bits per heavy atom. The molecule has 4 aromatic rings. The van der Waals surface area contributed by atoms with Crippen LogP contribution in [0, 0.1) is 0 Å². The van der Waals surface area contributed by atoms with Crippen molar-refractivity contribution < 1.29 is 4.79 Å². The van der Waals surface area contributed by atoms with E-state index in [4.69, 9.17) is 0 Å². The number of nitrogens with one attached hydrogen (secondary N) is 1. The number of amides is 1. The molecule has 0 saturated heterocycles. The Hall–Kier alpha value is -2.96. The van der Waals surface area contributed by atoms with E-state index in [1.54, 1.807) is 23.1 Å². The summed E-state index contributed by atoms with van der Waals surface area (Å²) in [7, 11) is 0. The second-order valence-electron chi connectivity index (χ2n) is 6.43. The van der Waals surface area contributed by atoms with Gasteiger partial charge >= 0.3 is 0 Å². The lowest BCUT2D eigenvalue weighted by Gasteiger charge is -2.06. The van der Waals surface area contributed by atoms with Gasteiger partial charge in [0.1, 0.15) is 0 Å². The van der Waals surface area contributed by atoms with Gasteiger partial charge in [-0.3, -0.25) is 9.78 Å². The van der Waals surface area contributed by atoms with E-state index in [0.717, 1.165) is 37.7 Å². The van der Waals surface area contributed by atoms with Crippen LogP contribution in [0.2, 0.25) is 0 Å². The fraction of sp³-hybridized carbons (Fsp3) is 0.0870. The zero-order valence-corrected chi connectivity index (χ0v) is 17.5. The van der Waals surface area contributed by atoms with Crippen LogP contribution in [0.1, 0.15) is 27.7 Å². The third-order valence-corrected chi connectivity index (χ3v) is 6.51. The number of hydrogen-bond donors (Lipinski definition) is 1. The van der Waals surface area contributed by atoms with Gasteiger partial charge in [-0.1, -0.05) is 36.4 Å². The van der Waals surface area contributed by atoms with Gasteiger partial charge in [-0.15, -0.1) is 23.1 Å². The first-order chi connectivity index (χ1) is 14.2. The predicted molar refractivity (Wildman–Crippen MR) is 122 cm³/mol. The molecular formula is C23H19N3OS2. The van der Waals surface area contributed by atoms with Gasteiger partial charge in [-0.05, 0) is 48.2 Å². The van der Waals surface area contributed by atoms with Crippen molar-refractivity contribution in [1.82, 2.24) is 10.4 Å². The maximum Gasteiger partial charge on any atom is 0.271 e. The second kappa shape index (κ2) is 9.03. The molecule has 2 heterocycles. The Morgan fingerprint density at radius 2 is 1.90 bits per heavy atom. The highest BCUT2D eigenvalue weighted by Gasteiger charge is 2.07. The highest BCUT2D eigenvalue weighted by molar-refractivity contribution is 7.98. The van der Waals surface area contributed by atoms with Crippen molar-refractivity contribution in [2.75, 3.05) is 0 Å². The quantitative estimate of drug-likeness (QED) is 0.247. The van der Waals surface area contributed by atoms with Gasteiger partial charge in [0.25, 0.3) is 5.91 Å². The standard InChI is InChI=1S/C23H19N3OS2/c1-16(20-8-4-14-28-20)25-26-23(27)19-11-9-17(10-12-19)15-29-21-7-2-5-18-6-3-13-24-22(18)21/h2-14H,15H2,1H3,(H,26,27)/b25-16+. The van der Waals surface area contributed by atoms with Crippen molar-refractivity contribution in [2.24, 2.45) is 5.10 Å². The third kappa shape index (κ3) is 4.72. The number of thiophene rings is 1. The summed E-state index contributed by atoms with van der Waals surface area (Å²) in [5.41, 5.74) is 6.19. The monoisotopic (exact) mass is 417 g/mol. The summed E-state index contributed by atoms with van der Waals surface area (Å²) in [6.45, 7) is 1.88. The van der Waals surface area contributed by atoms with Gasteiger partial charge in [-0.2, -0.15) is 5.10 Å². The molecular weight excluding hydrogens is 398 g/mol. The molecule has 4 nitrogen and oxygen atoms in total. The van der Waals surface area contributed by atoms with E-state index in [9.17, 15) is 4.79 Å². The molecule has 144 valence electrons. The Morgan fingerprint density at radius 3 is 2.69 bits per heavy atom. The average Bonchev–Trinajstić information content (AvgIpc) is 3.31. The molecule has 0 fully saturated rings. The van der Waals surface area contributed by atoms with Crippen LogP contribution in [-0.4, -0.2) is 16.6 Å². The Bertz CT molecular complexity index is 1150. The van der Waals surface area contributed by atoms with Gasteiger partial charge in [0.15, 0.2) is 0 Å². The normalized spacial score (nSPS) is 11.6. The maximum atomic E-state index is 12.3. The summed E-state index contributed by atoms with van der Waals surface area (Å²) in [5, 5.41) is 7.32. The molecule has 2 aromatic heterocycles. The van der Waals surface area contributed by atoms with Gasteiger partial charge in [0.05, 0.1) is 11.2 Å². The summed E-state index contributed by atoms with van der Waals surface area (Å²) in [4.78, 5) is 19.0. The number of aromatic nitrogens is 1. The molecule has 0 aliphatic rings. The largest absolute Gasteiger partial charge is 0.271 e. The van der Waals surface area contributed by atoms with Crippen molar-refractivity contribution in [3.63, 3.8) is 0 Å². The van der Waals surface area contributed by atoms with Gasteiger partial charge in [0.2, 0.25) is 0 Å². The van der Waals surface area contributed by atoms with Crippen molar-refractivity contribution in [3.8, 4) is 0 Å². The van der Waals surface area contributed by atoms with Gasteiger partial charge < -0.3 is 0 Å². The van der Waals surface area contributed by atoms with Gasteiger partial charge in [-0.25, -0.2) is 5.43 Å². The Balaban J connectivity index is 1.39. The van der Waals surface area contributed by atoms with Crippen LogP contribution < -0.4 is 5.43 Å². The number of hydrazone groups is 1. The lowest BCUT2D eigenvalue weighted by molar-refractivity contribution is 0.0955. The minimum Gasteiger partial charge on any atom is -0.267 e. The van der Waals surface area contributed by atoms with E-state index in [-0.39, 0.29) is 5.91 Å². The number of para-hydroxylation sites is 1. The molecule has 29 heavy (non-hydrogen) atoms. The lowest BCUT2D eigenvalue weighted by Crippen LogP contribution is -2.19. The molecule has 2 aromatic carbocycles. The van der Waals surface area contributed by atoms with Crippen LogP contribution in [0.4, 0.5) is 0 Å². The SMILES string of the molecule is C/C(=N\NC(=O)c1ccc(CSc2cccc3cccnc23)cc1)c1cccs1. The zero-order valence-electron chi connectivity index (χ0n) is 15.8. The van der Waals surface area contributed by atoms with Crippen LogP contribution in [-0.2, 0) is 5.75 Å². The van der Waals surface area contributed by atoms with E-state index in [2.05, 4.69) is 39.8 Å².